The third-order valence-electron chi connectivity index (χ3n) is 4.28. The molecule has 2 N–H and O–H groups in total. The monoisotopic (exact) mass is 410 g/mol. The molecule has 3 rings (SSSR count). The largest absolute Gasteiger partial charge is 0.354 e. The molecule has 2 aromatic carbocycles. The predicted molar refractivity (Wildman–Crippen MR) is 115 cm³/mol. The Kier molecular flexibility index (Phi) is 6.87. The number of hydrogen-bond donors (Lipinski definition) is 2. The highest BCUT2D eigenvalue weighted by Crippen LogP contribution is 2.26. The highest BCUT2D eigenvalue weighted by Gasteiger charge is 2.15. The quantitative estimate of drug-likeness (QED) is 0.308. The van der Waals surface area contributed by atoms with E-state index in [2.05, 4.69) is 25.5 Å². The first kappa shape index (κ1) is 21.1. The Morgan fingerprint density at radius 2 is 1.87 bits per heavy atom. The van der Waals surface area contributed by atoms with Gasteiger partial charge >= 0.3 is 5.69 Å². The normalized spacial score (nSPS) is 10.8. The summed E-state index contributed by atoms with van der Waals surface area (Å²) in [4.78, 5) is 21.4. The molecule has 0 aliphatic heterocycles. The van der Waals surface area contributed by atoms with E-state index in [4.69, 9.17) is 0 Å². The van der Waals surface area contributed by atoms with Crippen LogP contribution in [0.4, 0.5) is 27.5 Å². The van der Waals surface area contributed by atoms with Gasteiger partial charge in [-0.1, -0.05) is 30.3 Å². The van der Waals surface area contributed by atoms with Crippen molar-refractivity contribution in [1.29, 1.82) is 0 Å². The molecule has 0 atom stereocenters. The minimum absolute atomic E-state index is 0.361. The lowest BCUT2D eigenvalue weighted by atomic mass is 10.1. The van der Waals surface area contributed by atoms with Crippen LogP contribution in [0.25, 0.3) is 11.3 Å². The van der Waals surface area contributed by atoms with Crippen molar-refractivity contribution in [2.75, 3.05) is 37.8 Å². The Balaban J connectivity index is 1.88. The maximum Gasteiger partial charge on any atom is 0.306 e. The lowest BCUT2D eigenvalue weighted by molar-refractivity contribution is -0.387. The van der Waals surface area contributed by atoms with Crippen LogP contribution in [0.15, 0.2) is 54.6 Å². The van der Waals surface area contributed by atoms with Gasteiger partial charge < -0.3 is 15.5 Å². The van der Waals surface area contributed by atoms with E-state index < -0.39 is 16.4 Å². The summed E-state index contributed by atoms with van der Waals surface area (Å²) in [6.45, 7) is 1.62. The summed E-state index contributed by atoms with van der Waals surface area (Å²) in [5, 5.41) is 17.2. The minimum Gasteiger partial charge on any atom is -0.354 e. The predicted octanol–water partition coefficient (Wildman–Crippen LogP) is 4.30. The summed E-state index contributed by atoms with van der Waals surface area (Å²) in [5.74, 6) is -0.00412. The molecule has 1 heterocycles. The second kappa shape index (κ2) is 9.75. The molecule has 0 aliphatic rings. The Labute approximate surface area is 173 Å². The number of benzene rings is 2. The zero-order chi connectivity index (χ0) is 21.5. The van der Waals surface area contributed by atoms with Crippen LogP contribution in [0.1, 0.15) is 6.42 Å². The number of nitrogens with one attached hydrogen (secondary N) is 2. The van der Waals surface area contributed by atoms with Gasteiger partial charge in [0.05, 0.1) is 10.6 Å². The molecule has 0 saturated heterocycles. The van der Waals surface area contributed by atoms with Crippen molar-refractivity contribution in [3.8, 4) is 11.3 Å². The van der Waals surface area contributed by atoms with E-state index in [9.17, 15) is 14.5 Å². The third kappa shape index (κ3) is 5.71. The molecule has 0 aliphatic carbocycles. The Bertz CT molecular complexity index is 1010. The molecule has 156 valence electrons. The molecule has 1 aromatic heterocycles. The van der Waals surface area contributed by atoms with Gasteiger partial charge in [-0.15, -0.1) is 0 Å². The fraction of sp³-hybridized carbons (Fsp3) is 0.238. The summed E-state index contributed by atoms with van der Waals surface area (Å²) in [6.07, 6.45) is 0.916. The number of aromatic nitrogens is 2. The van der Waals surface area contributed by atoms with Crippen molar-refractivity contribution in [2.45, 2.75) is 6.42 Å². The fourth-order valence-electron chi connectivity index (χ4n) is 2.82. The molecule has 0 spiro atoms. The van der Waals surface area contributed by atoms with E-state index in [1.165, 1.54) is 6.07 Å². The number of nitro groups is 1. The number of nitro benzene ring substituents is 1. The van der Waals surface area contributed by atoms with Crippen LogP contribution in [0, 0.1) is 15.9 Å². The SMILES string of the molecule is CN(C)CCCNc1nc(Nc2ccc(F)c([N+](=O)[O-])c2)cc(-c2ccccc2)n1. The van der Waals surface area contributed by atoms with E-state index in [1.807, 2.05) is 44.4 Å². The van der Waals surface area contributed by atoms with Crippen molar-refractivity contribution in [2.24, 2.45) is 0 Å². The number of halogens is 1. The van der Waals surface area contributed by atoms with Crippen LogP contribution in [-0.4, -0.2) is 47.0 Å². The van der Waals surface area contributed by atoms with Gasteiger partial charge in [0.25, 0.3) is 0 Å². The van der Waals surface area contributed by atoms with Crippen LogP contribution in [0.2, 0.25) is 0 Å². The Morgan fingerprint density at radius 3 is 2.57 bits per heavy atom. The van der Waals surface area contributed by atoms with Gasteiger partial charge in [0.1, 0.15) is 5.82 Å². The zero-order valence-electron chi connectivity index (χ0n) is 16.8. The second-order valence-electron chi connectivity index (χ2n) is 6.96. The lowest BCUT2D eigenvalue weighted by Crippen LogP contribution is -2.17. The number of nitrogens with zero attached hydrogens (tertiary/aromatic N) is 4. The van der Waals surface area contributed by atoms with E-state index in [1.54, 1.807) is 6.07 Å². The standard InChI is InChI=1S/C21H23FN6O2/c1-27(2)12-6-11-23-21-25-18(15-7-4-3-5-8-15)14-20(26-21)24-16-9-10-17(22)19(13-16)28(29)30/h3-5,7-10,13-14H,6,11-12H2,1-2H3,(H2,23,24,25,26). The third-order valence-corrected chi connectivity index (χ3v) is 4.28. The van der Waals surface area contributed by atoms with E-state index in [-0.39, 0.29) is 0 Å². The van der Waals surface area contributed by atoms with Gasteiger partial charge in [-0.05, 0) is 39.2 Å². The maximum absolute atomic E-state index is 13.6. The van der Waals surface area contributed by atoms with E-state index in [0.29, 0.717) is 29.7 Å². The average Bonchev–Trinajstić information content (AvgIpc) is 2.73. The Hall–Kier alpha value is -3.59. The fourth-order valence-corrected chi connectivity index (χ4v) is 2.82. The molecule has 3 aromatic rings. The highest BCUT2D eigenvalue weighted by atomic mass is 19.1. The van der Waals surface area contributed by atoms with Crippen molar-refractivity contribution in [3.05, 3.63) is 70.5 Å². The van der Waals surface area contributed by atoms with Crippen LogP contribution >= 0.6 is 0 Å². The van der Waals surface area contributed by atoms with Crippen LogP contribution in [-0.2, 0) is 0 Å². The first-order valence-corrected chi connectivity index (χ1v) is 9.46. The van der Waals surface area contributed by atoms with Gasteiger partial charge in [0.15, 0.2) is 0 Å². The van der Waals surface area contributed by atoms with Gasteiger partial charge in [-0.3, -0.25) is 10.1 Å². The molecule has 8 nitrogen and oxygen atoms in total. The van der Waals surface area contributed by atoms with Crippen molar-refractivity contribution in [3.63, 3.8) is 0 Å². The van der Waals surface area contributed by atoms with Crippen LogP contribution < -0.4 is 10.6 Å². The van der Waals surface area contributed by atoms with E-state index in [0.717, 1.165) is 30.7 Å². The molecular formula is C21H23FN6O2. The van der Waals surface area contributed by atoms with Crippen molar-refractivity contribution >= 4 is 23.1 Å². The smallest absolute Gasteiger partial charge is 0.306 e. The molecule has 0 unspecified atom stereocenters. The lowest BCUT2D eigenvalue weighted by Gasteiger charge is -2.13. The van der Waals surface area contributed by atoms with Crippen LogP contribution in [0.5, 0.6) is 0 Å². The molecule has 30 heavy (non-hydrogen) atoms. The summed E-state index contributed by atoms with van der Waals surface area (Å²) in [5.41, 5.74) is 1.36. The average molecular weight is 410 g/mol. The first-order chi connectivity index (χ1) is 14.4. The van der Waals surface area contributed by atoms with Crippen molar-refractivity contribution in [1.82, 2.24) is 14.9 Å². The summed E-state index contributed by atoms with van der Waals surface area (Å²) >= 11 is 0. The number of rotatable bonds is 9. The molecule has 0 bridgehead atoms. The Morgan fingerprint density at radius 1 is 1.10 bits per heavy atom. The van der Waals surface area contributed by atoms with E-state index >= 15 is 0 Å². The molecule has 9 heteroatoms. The summed E-state index contributed by atoms with van der Waals surface area (Å²) in [7, 11) is 4.02. The molecule has 0 saturated carbocycles. The maximum atomic E-state index is 13.6. The van der Waals surface area contributed by atoms with Crippen LogP contribution in [0.3, 0.4) is 0 Å². The molecular weight excluding hydrogens is 387 g/mol. The van der Waals surface area contributed by atoms with Gasteiger partial charge in [-0.25, -0.2) is 4.98 Å². The first-order valence-electron chi connectivity index (χ1n) is 9.46. The summed E-state index contributed by atoms with van der Waals surface area (Å²) < 4.78 is 13.6. The van der Waals surface area contributed by atoms with Gasteiger partial charge in [0, 0.05) is 29.9 Å². The van der Waals surface area contributed by atoms with Gasteiger partial charge in [-0.2, -0.15) is 9.37 Å². The number of anilines is 3. The molecule has 0 amide bonds. The van der Waals surface area contributed by atoms with Gasteiger partial charge in [0.2, 0.25) is 11.8 Å². The second-order valence-corrected chi connectivity index (χ2v) is 6.96. The van der Waals surface area contributed by atoms with Crippen molar-refractivity contribution < 1.29 is 9.31 Å². The zero-order valence-corrected chi connectivity index (χ0v) is 16.8. The highest BCUT2D eigenvalue weighted by molar-refractivity contribution is 5.68. The summed E-state index contributed by atoms with van der Waals surface area (Å²) in [6, 6.07) is 15.0. The molecule has 0 radical (unpaired) electrons. The minimum atomic E-state index is -0.888. The number of hydrogen-bond acceptors (Lipinski definition) is 7. The topological polar surface area (TPSA) is 96.2 Å². The molecule has 0 fully saturated rings.